The summed E-state index contributed by atoms with van der Waals surface area (Å²) in [5.74, 6) is 0.457. The summed E-state index contributed by atoms with van der Waals surface area (Å²) in [5.41, 5.74) is 0.546. The Morgan fingerprint density at radius 1 is 1.53 bits per heavy atom. The summed E-state index contributed by atoms with van der Waals surface area (Å²) in [4.78, 5) is 24.6. The summed E-state index contributed by atoms with van der Waals surface area (Å²) in [6, 6.07) is 1.60. The number of rotatable bonds is 5. The molecule has 0 aromatic carbocycles. The van der Waals surface area contributed by atoms with Crippen molar-refractivity contribution in [3.63, 3.8) is 0 Å². The number of pyridine rings is 1. The molecular formula is C10H14N4O3. The topological polar surface area (TPSA) is 97.2 Å². The van der Waals surface area contributed by atoms with Gasteiger partial charge in [-0.15, -0.1) is 0 Å². The molecular weight excluding hydrogens is 224 g/mol. The molecule has 92 valence electrons. The van der Waals surface area contributed by atoms with Crippen molar-refractivity contribution in [2.75, 3.05) is 18.4 Å². The van der Waals surface area contributed by atoms with Gasteiger partial charge in [0.05, 0.1) is 4.92 Å². The minimum Gasteiger partial charge on any atom is -0.368 e. The molecule has 1 amide bonds. The van der Waals surface area contributed by atoms with Crippen LogP contribution in [0.1, 0.15) is 12.5 Å². The quantitative estimate of drug-likeness (QED) is 0.450. The third kappa shape index (κ3) is 4.06. The van der Waals surface area contributed by atoms with Crippen molar-refractivity contribution in [1.82, 2.24) is 10.3 Å². The van der Waals surface area contributed by atoms with Gasteiger partial charge in [-0.3, -0.25) is 14.9 Å². The van der Waals surface area contributed by atoms with E-state index in [1.165, 1.54) is 13.1 Å². The van der Waals surface area contributed by atoms with E-state index in [1.54, 1.807) is 13.0 Å². The minimum absolute atomic E-state index is 0.00240. The Labute approximate surface area is 98.4 Å². The number of carbonyl (C=O) groups excluding carboxylic acids is 1. The molecule has 0 aliphatic rings. The Balaban J connectivity index is 2.53. The lowest BCUT2D eigenvalue weighted by Crippen LogP contribution is -2.26. The highest BCUT2D eigenvalue weighted by Crippen LogP contribution is 2.18. The zero-order chi connectivity index (χ0) is 12.8. The summed E-state index contributed by atoms with van der Waals surface area (Å²) < 4.78 is 0. The van der Waals surface area contributed by atoms with Crippen LogP contribution in [0.2, 0.25) is 0 Å². The molecule has 1 rings (SSSR count). The summed E-state index contributed by atoms with van der Waals surface area (Å²) >= 11 is 0. The number of anilines is 1. The standard InChI is InChI=1S/C10H14N4O3/c1-7-5-10(12-4-3-11-8(2)15)13-6-9(7)14(16)17/h5-6H,3-4H2,1-2H3,(H,11,15)(H,12,13). The van der Waals surface area contributed by atoms with Crippen molar-refractivity contribution < 1.29 is 9.72 Å². The van der Waals surface area contributed by atoms with Crippen LogP contribution >= 0.6 is 0 Å². The molecule has 0 aliphatic heterocycles. The number of aryl methyl sites for hydroxylation is 1. The molecule has 2 N–H and O–H groups in total. The van der Waals surface area contributed by atoms with Gasteiger partial charge in [-0.1, -0.05) is 0 Å². The lowest BCUT2D eigenvalue weighted by molar-refractivity contribution is -0.385. The van der Waals surface area contributed by atoms with Crippen LogP contribution in [0.3, 0.4) is 0 Å². The molecule has 7 heteroatoms. The molecule has 17 heavy (non-hydrogen) atoms. The predicted octanol–water partition coefficient (Wildman–Crippen LogP) is 0.846. The van der Waals surface area contributed by atoms with Crippen LogP contribution in [-0.4, -0.2) is 28.9 Å². The van der Waals surface area contributed by atoms with Crippen LogP contribution < -0.4 is 10.6 Å². The predicted molar refractivity (Wildman–Crippen MR) is 62.8 cm³/mol. The van der Waals surface area contributed by atoms with Crippen molar-refractivity contribution in [2.45, 2.75) is 13.8 Å². The van der Waals surface area contributed by atoms with E-state index in [1.807, 2.05) is 0 Å². The van der Waals surface area contributed by atoms with E-state index >= 15 is 0 Å². The van der Waals surface area contributed by atoms with Crippen molar-refractivity contribution in [3.05, 3.63) is 27.9 Å². The molecule has 7 nitrogen and oxygen atoms in total. The molecule has 0 fully saturated rings. The Hall–Kier alpha value is -2.18. The van der Waals surface area contributed by atoms with E-state index in [9.17, 15) is 14.9 Å². The zero-order valence-corrected chi connectivity index (χ0v) is 9.69. The van der Waals surface area contributed by atoms with Gasteiger partial charge in [0.15, 0.2) is 0 Å². The Kier molecular flexibility index (Phi) is 4.38. The summed E-state index contributed by atoms with van der Waals surface area (Å²) in [5, 5.41) is 16.1. The molecule has 0 spiro atoms. The largest absolute Gasteiger partial charge is 0.368 e. The first-order chi connectivity index (χ1) is 8.00. The Bertz CT molecular complexity index is 434. The van der Waals surface area contributed by atoms with E-state index < -0.39 is 4.92 Å². The lowest BCUT2D eigenvalue weighted by atomic mass is 10.2. The molecule has 0 aliphatic carbocycles. The third-order valence-electron chi connectivity index (χ3n) is 2.08. The van der Waals surface area contributed by atoms with Gasteiger partial charge in [0, 0.05) is 25.6 Å². The second kappa shape index (κ2) is 5.78. The normalized spacial score (nSPS) is 9.76. The summed E-state index contributed by atoms with van der Waals surface area (Å²) in [7, 11) is 0. The van der Waals surface area contributed by atoms with Crippen LogP contribution in [0.25, 0.3) is 0 Å². The van der Waals surface area contributed by atoms with Gasteiger partial charge in [0.2, 0.25) is 5.91 Å². The summed E-state index contributed by atoms with van der Waals surface area (Å²) in [6.45, 7) is 4.09. The van der Waals surface area contributed by atoms with Crippen molar-refractivity contribution >= 4 is 17.4 Å². The zero-order valence-electron chi connectivity index (χ0n) is 9.69. The first-order valence-electron chi connectivity index (χ1n) is 5.10. The highest BCUT2D eigenvalue weighted by molar-refractivity contribution is 5.72. The number of nitrogens with one attached hydrogen (secondary N) is 2. The van der Waals surface area contributed by atoms with Gasteiger partial charge in [-0.2, -0.15) is 0 Å². The van der Waals surface area contributed by atoms with E-state index in [0.717, 1.165) is 0 Å². The SMILES string of the molecule is CC(=O)NCCNc1cc(C)c([N+](=O)[O-])cn1. The second-order valence-electron chi connectivity index (χ2n) is 3.52. The fourth-order valence-corrected chi connectivity index (χ4v) is 1.27. The number of hydrogen-bond donors (Lipinski definition) is 2. The number of aromatic nitrogens is 1. The minimum atomic E-state index is -0.469. The Morgan fingerprint density at radius 2 is 2.24 bits per heavy atom. The van der Waals surface area contributed by atoms with Crippen LogP contribution in [0, 0.1) is 17.0 Å². The van der Waals surface area contributed by atoms with Gasteiger partial charge in [0.25, 0.3) is 5.69 Å². The maximum atomic E-state index is 10.6. The van der Waals surface area contributed by atoms with Gasteiger partial charge in [-0.25, -0.2) is 4.98 Å². The number of amides is 1. The number of nitro groups is 1. The van der Waals surface area contributed by atoms with E-state index in [-0.39, 0.29) is 11.6 Å². The first-order valence-corrected chi connectivity index (χ1v) is 5.10. The van der Waals surface area contributed by atoms with Crippen LogP contribution in [0.5, 0.6) is 0 Å². The summed E-state index contributed by atoms with van der Waals surface area (Å²) in [6.07, 6.45) is 1.22. The van der Waals surface area contributed by atoms with Gasteiger partial charge >= 0.3 is 0 Å². The molecule has 0 radical (unpaired) electrons. The number of nitrogens with zero attached hydrogens (tertiary/aromatic N) is 2. The molecule has 0 atom stereocenters. The fraction of sp³-hybridized carbons (Fsp3) is 0.400. The first kappa shape index (κ1) is 12.9. The number of carbonyl (C=O) groups is 1. The average molecular weight is 238 g/mol. The van der Waals surface area contributed by atoms with E-state index in [4.69, 9.17) is 0 Å². The van der Waals surface area contributed by atoms with Crippen LogP contribution in [-0.2, 0) is 4.79 Å². The second-order valence-corrected chi connectivity index (χ2v) is 3.52. The molecule has 0 bridgehead atoms. The van der Waals surface area contributed by atoms with Crippen molar-refractivity contribution in [2.24, 2.45) is 0 Å². The van der Waals surface area contributed by atoms with Gasteiger partial charge < -0.3 is 10.6 Å². The van der Waals surface area contributed by atoms with Gasteiger partial charge in [0.1, 0.15) is 12.0 Å². The van der Waals surface area contributed by atoms with E-state index in [0.29, 0.717) is 24.5 Å². The third-order valence-corrected chi connectivity index (χ3v) is 2.08. The smallest absolute Gasteiger partial charge is 0.290 e. The van der Waals surface area contributed by atoms with E-state index in [2.05, 4.69) is 15.6 Å². The van der Waals surface area contributed by atoms with Gasteiger partial charge in [-0.05, 0) is 13.0 Å². The highest BCUT2D eigenvalue weighted by atomic mass is 16.6. The highest BCUT2D eigenvalue weighted by Gasteiger charge is 2.10. The maximum Gasteiger partial charge on any atom is 0.290 e. The van der Waals surface area contributed by atoms with Crippen LogP contribution in [0.4, 0.5) is 11.5 Å². The molecule has 0 saturated heterocycles. The number of hydrogen-bond acceptors (Lipinski definition) is 5. The Morgan fingerprint density at radius 3 is 2.76 bits per heavy atom. The molecule has 0 unspecified atom stereocenters. The van der Waals surface area contributed by atoms with Crippen molar-refractivity contribution in [1.29, 1.82) is 0 Å². The molecule has 0 saturated carbocycles. The molecule has 1 aromatic heterocycles. The monoisotopic (exact) mass is 238 g/mol. The van der Waals surface area contributed by atoms with Crippen molar-refractivity contribution in [3.8, 4) is 0 Å². The fourth-order valence-electron chi connectivity index (χ4n) is 1.27. The lowest BCUT2D eigenvalue weighted by Gasteiger charge is -2.06. The average Bonchev–Trinajstić information content (AvgIpc) is 2.23. The molecule has 1 heterocycles. The maximum absolute atomic E-state index is 10.6. The van der Waals surface area contributed by atoms with Crippen LogP contribution in [0.15, 0.2) is 12.3 Å². The molecule has 1 aromatic rings.